The van der Waals surface area contributed by atoms with Gasteiger partial charge in [0.15, 0.2) is 0 Å². The fourth-order valence-electron chi connectivity index (χ4n) is 2.46. The first-order chi connectivity index (χ1) is 10.2. The summed E-state index contributed by atoms with van der Waals surface area (Å²) < 4.78 is 0. The van der Waals surface area contributed by atoms with E-state index in [4.69, 9.17) is 0 Å². The van der Waals surface area contributed by atoms with Crippen LogP contribution in [0.4, 0.5) is 5.95 Å². The van der Waals surface area contributed by atoms with E-state index in [0.29, 0.717) is 24.6 Å². The normalized spacial score (nSPS) is 13.4. The molecule has 5 heteroatoms. The summed E-state index contributed by atoms with van der Waals surface area (Å²) in [6.07, 6.45) is 2.47. The summed E-state index contributed by atoms with van der Waals surface area (Å²) in [5.74, 6) is 0.585. The number of benzene rings is 1. The zero-order valence-electron chi connectivity index (χ0n) is 12.3. The maximum absolute atomic E-state index is 12.3. The Kier molecular flexibility index (Phi) is 3.56. The summed E-state index contributed by atoms with van der Waals surface area (Å²) in [6.45, 7) is 3.34. The van der Waals surface area contributed by atoms with Gasteiger partial charge in [-0.1, -0.05) is 29.8 Å². The summed E-state index contributed by atoms with van der Waals surface area (Å²) in [5.41, 5.74) is 3.92. The molecular weight excluding hydrogens is 264 g/mol. The molecule has 1 aromatic heterocycles. The Hall–Kier alpha value is -2.43. The largest absolute Gasteiger partial charge is 0.357 e. The number of aryl methyl sites for hydroxylation is 1. The monoisotopic (exact) mass is 282 g/mol. The molecule has 0 atom stereocenters. The lowest BCUT2D eigenvalue weighted by Crippen LogP contribution is -2.26. The van der Waals surface area contributed by atoms with Crippen LogP contribution in [-0.2, 0) is 13.0 Å². The molecule has 1 aliphatic rings. The SMILES string of the molecule is CNc1ncc2c(n1)CN(CCc1ccc(C)cc1)C2=O. The molecule has 21 heavy (non-hydrogen) atoms. The molecule has 0 spiro atoms. The molecule has 2 heterocycles. The van der Waals surface area contributed by atoms with Gasteiger partial charge in [-0.3, -0.25) is 4.79 Å². The van der Waals surface area contributed by atoms with Crippen LogP contribution in [0.15, 0.2) is 30.5 Å². The average Bonchev–Trinajstić information content (AvgIpc) is 2.82. The molecule has 1 aromatic carbocycles. The van der Waals surface area contributed by atoms with Gasteiger partial charge < -0.3 is 10.2 Å². The van der Waals surface area contributed by atoms with Gasteiger partial charge in [0, 0.05) is 19.8 Å². The maximum atomic E-state index is 12.3. The second-order valence-electron chi connectivity index (χ2n) is 5.27. The van der Waals surface area contributed by atoms with Gasteiger partial charge in [-0.2, -0.15) is 0 Å². The minimum absolute atomic E-state index is 0.0276. The van der Waals surface area contributed by atoms with Crippen molar-refractivity contribution in [2.24, 2.45) is 0 Å². The number of nitrogens with zero attached hydrogens (tertiary/aromatic N) is 3. The molecule has 0 radical (unpaired) electrons. The average molecular weight is 282 g/mol. The van der Waals surface area contributed by atoms with Crippen molar-refractivity contribution in [2.75, 3.05) is 18.9 Å². The van der Waals surface area contributed by atoms with Gasteiger partial charge in [0.25, 0.3) is 5.91 Å². The van der Waals surface area contributed by atoms with Gasteiger partial charge in [-0.15, -0.1) is 0 Å². The number of rotatable bonds is 4. The van der Waals surface area contributed by atoms with Crippen molar-refractivity contribution in [1.82, 2.24) is 14.9 Å². The van der Waals surface area contributed by atoms with E-state index in [-0.39, 0.29) is 5.91 Å². The van der Waals surface area contributed by atoms with Gasteiger partial charge in [-0.05, 0) is 18.9 Å². The summed E-state index contributed by atoms with van der Waals surface area (Å²) in [7, 11) is 1.77. The topological polar surface area (TPSA) is 58.1 Å². The molecular formula is C16H18N4O. The lowest BCUT2D eigenvalue weighted by atomic mass is 10.1. The molecule has 108 valence electrons. The van der Waals surface area contributed by atoms with E-state index in [9.17, 15) is 4.79 Å². The van der Waals surface area contributed by atoms with E-state index in [2.05, 4.69) is 46.5 Å². The first-order valence-corrected chi connectivity index (χ1v) is 7.06. The third-order valence-electron chi connectivity index (χ3n) is 3.74. The van der Waals surface area contributed by atoms with E-state index in [1.54, 1.807) is 13.2 Å². The van der Waals surface area contributed by atoms with Crippen LogP contribution in [0, 0.1) is 6.92 Å². The van der Waals surface area contributed by atoms with Crippen molar-refractivity contribution < 1.29 is 4.79 Å². The van der Waals surface area contributed by atoms with E-state index in [1.165, 1.54) is 11.1 Å². The lowest BCUT2D eigenvalue weighted by molar-refractivity contribution is 0.0780. The maximum Gasteiger partial charge on any atom is 0.257 e. The molecule has 0 unspecified atom stereocenters. The van der Waals surface area contributed by atoms with Crippen molar-refractivity contribution >= 4 is 11.9 Å². The first-order valence-electron chi connectivity index (χ1n) is 7.06. The highest BCUT2D eigenvalue weighted by molar-refractivity contribution is 5.97. The molecule has 0 bridgehead atoms. The van der Waals surface area contributed by atoms with Crippen LogP contribution in [0.1, 0.15) is 27.2 Å². The van der Waals surface area contributed by atoms with Gasteiger partial charge in [0.05, 0.1) is 17.8 Å². The van der Waals surface area contributed by atoms with Crippen molar-refractivity contribution in [1.29, 1.82) is 0 Å². The van der Waals surface area contributed by atoms with E-state index < -0.39 is 0 Å². The molecule has 0 aliphatic carbocycles. The molecule has 1 N–H and O–H groups in total. The lowest BCUT2D eigenvalue weighted by Gasteiger charge is -2.15. The standard InChI is InChI=1S/C16H18N4O/c1-11-3-5-12(6-4-11)7-8-20-10-14-13(15(20)21)9-18-16(17-2)19-14/h3-6,9H,7-8,10H2,1-2H3,(H,17,18,19). The molecule has 5 nitrogen and oxygen atoms in total. The smallest absolute Gasteiger partial charge is 0.257 e. The Morgan fingerprint density at radius 2 is 2.05 bits per heavy atom. The van der Waals surface area contributed by atoms with Crippen molar-refractivity contribution in [3.05, 3.63) is 52.8 Å². The number of carbonyl (C=O) groups excluding carboxylic acids is 1. The highest BCUT2D eigenvalue weighted by Crippen LogP contribution is 2.21. The second-order valence-corrected chi connectivity index (χ2v) is 5.27. The summed E-state index contributed by atoms with van der Waals surface area (Å²) >= 11 is 0. The van der Waals surface area contributed by atoms with E-state index in [0.717, 1.165) is 12.1 Å². The quantitative estimate of drug-likeness (QED) is 0.932. The summed E-state index contributed by atoms with van der Waals surface area (Å²) in [5, 5.41) is 2.90. The predicted molar refractivity (Wildman–Crippen MR) is 81.2 cm³/mol. The Balaban J connectivity index is 1.68. The Morgan fingerprint density at radius 3 is 2.76 bits per heavy atom. The number of hydrogen-bond donors (Lipinski definition) is 1. The van der Waals surface area contributed by atoms with Crippen molar-refractivity contribution in [3.8, 4) is 0 Å². The van der Waals surface area contributed by atoms with Crippen LogP contribution < -0.4 is 5.32 Å². The van der Waals surface area contributed by atoms with Crippen LogP contribution in [-0.4, -0.2) is 34.4 Å². The molecule has 3 rings (SSSR count). The number of amides is 1. The third kappa shape index (κ3) is 2.72. The third-order valence-corrected chi connectivity index (χ3v) is 3.74. The number of carbonyl (C=O) groups is 1. The number of anilines is 1. The number of fused-ring (bicyclic) bond motifs is 1. The molecule has 1 aliphatic heterocycles. The minimum atomic E-state index is 0.0276. The molecule has 0 fully saturated rings. The summed E-state index contributed by atoms with van der Waals surface area (Å²) in [4.78, 5) is 22.6. The fraction of sp³-hybridized carbons (Fsp3) is 0.312. The van der Waals surface area contributed by atoms with Crippen LogP contribution in [0.3, 0.4) is 0 Å². The number of nitrogens with one attached hydrogen (secondary N) is 1. The summed E-state index contributed by atoms with van der Waals surface area (Å²) in [6, 6.07) is 8.42. The Bertz CT molecular complexity index is 666. The highest BCUT2D eigenvalue weighted by Gasteiger charge is 2.28. The Labute approximate surface area is 124 Å². The van der Waals surface area contributed by atoms with E-state index >= 15 is 0 Å². The van der Waals surface area contributed by atoms with Gasteiger partial charge in [-0.25, -0.2) is 9.97 Å². The van der Waals surface area contributed by atoms with Crippen LogP contribution in [0.2, 0.25) is 0 Å². The highest BCUT2D eigenvalue weighted by atomic mass is 16.2. The van der Waals surface area contributed by atoms with Gasteiger partial charge in [0.1, 0.15) is 0 Å². The van der Waals surface area contributed by atoms with Gasteiger partial charge in [0.2, 0.25) is 5.95 Å². The van der Waals surface area contributed by atoms with Crippen LogP contribution in [0.5, 0.6) is 0 Å². The number of aromatic nitrogens is 2. The van der Waals surface area contributed by atoms with Crippen molar-refractivity contribution in [2.45, 2.75) is 19.9 Å². The molecule has 1 amide bonds. The van der Waals surface area contributed by atoms with Crippen LogP contribution >= 0.6 is 0 Å². The minimum Gasteiger partial charge on any atom is -0.357 e. The number of hydrogen-bond acceptors (Lipinski definition) is 4. The first kappa shape index (κ1) is 13.5. The van der Waals surface area contributed by atoms with Crippen molar-refractivity contribution in [3.63, 3.8) is 0 Å². The van der Waals surface area contributed by atoms with E-state index in [1.807, 2.05) is 4.90 Å². The Morgan fingerprint density at radius 1 is 1.29 bits per heavy atom. The zero-order valence-corrected chi connectivity index (χ0v) is 12.3. The fourth-order valence-corrected chi connectivity index (χ4v) is 2.46. The molecule has 0 saturated carbocycles. The second kappa shape index (κ2) is 5.52. The predicted octanol–water partition coefficient (Wildman–Crippen LogP) is 2.03. The molecule has 2 aromatic rings. The zero-order chi connectivity index (χ0) is 14.8. The molecule has 0 saturated heterocycles. The van der Waals surface area contributed by atoms with Gasteiger partial charge >= 0.3 is 0 Å². The van der Waals surface area contributed by atoms with Crippen LogP contribution in [0.25, 0.3) is 0 Å².